The molecule has 1 N–H and O–H groups in total. The lowest BCUT2D eigenvalue weighted by atomic mass is 9.79. The van der Waals surface area contributed by atoms with Gasteiger partial charge in [-0.25, -0.2) is 9.37 Å². The van der Waals surface area contributed by atoms with Gasteiger partial charge in [0.1, 0.15) is 17.2 Å². The van der Waals surface area contributed by atoms with Crippen molar-refractivity contribution in [2.24, 2.45) is 0 Å². The van der Waals surface area contributed by atoms with Crippen LogP contribution in [0.4, 0.5) is 10.2 Å². The van der Waals surface area contributed by atoms with Crippen LogP contribution in [0.1, 0.15) is 61.4 Å². The molecule has 7 nitrogen and oxygen atoms in total. The first-order chi connectivity index (χ1) is 16.6. The third-order valence-corrected chi connectivity index (χ3v) is 7.82. The van der Waals surface area contributed by atoms with E-state index < -0.39 is 0 Å². The number of hydrogen-bond acceptors (Lipinski definition) is 7. The summed E-state index contributed by atoms with van der Waals surface area (Å²) in [4.78, 5) is 11.7. The molecule has 34 heavy (non-hydrogen) atoms. The molecule has 0 unspecified atom stereocenters. The predicted octanol–water partition coefficient (Wildman–Crippen LogP) is 4.66. The SMILES string of the molecule is Cc1noc(-c2c(N3CCC(N[C@@H]4CCOC4)CC3)nc3c(F)cc(C4CCC4)cc3c2C)n1. The molecule has 0 spiro atoms. The van der Waals surface area contributed by atoms with Crippen LogP contribution in [0.15, 0.2) is 16.7 Å². The first kappa shape index (κ1) is 21.9. The molecule has 3 aliphatic rings. The van der Waals surface area contributed by atoms with Gasteiger partial charge in [-0.15, -0.1) is 0 Å². The highest BCUT2D eigenvalue weighted by atomic mass is 19.1. The molecule has 2 saturated heterocycles. The van der Waals surface area contributed by atoms with Crippen LogP contribution >= 0.6 is 0 Å². The van der Waals surface area contributed by atoms with E-state index in [-0.39, 0.29) is 5.82 Å². The van der Waals surface area contributed by atoms with Gasteiger partial charge in [0.2, 0.25) is 0 Å². The molecule has 1 aliphatic carbocycles. The molecule has 0 amide bonds. The van der Waals surface area contributed by atoms with Crippen LogP contribution in [0.5, 0.6) is 0 Å². The Hall–Kier alpha value is -2.58. The monoisotopic (exact) mass is 465 g/mol. The number of hydrogen-bond donors (Lipinski definition) is 1. The van der Waals surface area contributed by atoms with Crippen molar-refractivity contribution in [3.63, 3.8) is 0 Å². The number of halogens is 1. The molecular weight excluding hydrogens is 433 g/mol. The lowest BCUT2D eigenvalue weighted by molar-refractivity contribution is 0.186. The predicted molar refractivity (Wildman–Crippen MR) is 129 cm³/mol. The van der Waals surface area contributed by atoms with Crippen LogP contribution in [-0.2, 0) is 4.74 Å². The fraction of sp³-hybridized carbons (Fsp3) is 0.577. The number of aromatic nitrogens is 3. The van der Waals surface area contributed by atoms with Crippen molar-refractivity contribution in [1.29, 1.82) is 0 Å². The third-order valence-electron chi connectivity index (χ3n) is 7.82. The van der Waals surface area contributed by atoms with E-state index in [1.54, 1.807) is 6.07 Å². The number of fused-ring (bicyclic) bond motifs is 1. The standard InChI is InChI=1S/C26H32FN5O2/c1-15-21-12-18(17-4-3-5-17)13-22(27)24(21)30-25(23(15)26-28-16(2)31-34-26)32-9-6-19(7-10-32)29-20-8-11-33-14-20/h12-13,17,19-20,29H,3-11,14H2,1-2H3/t20-/m1/s1. The molecule has 0 bridgehead atoms. The molecule has 2 aromatic heterocycles. The van der Waals surface area contributed by atoms with Gasteiger partial charge in [-0.2, -0.15) is 4.98 Å². The zero-order chi connectivity index (χ0) is 23.2. The Morgan fingerprint density at radius 1 is 1.03 bits per heavy atom. The van der Waals surface area contributed by atoms with Gasteiger partial charge in [-0.1, -0.05) is 11.6 Å². The number of ether oxygens (including phenoxy) is 1. The first-order valence-corrected chi connectivity index (χ1v) is 12.6. The molecule has 4 heterocycles. The quantitative estimate of drug-likeness (QED) is 0.587. The molecule has 1 aromatic carbocycles. The van der Waals surface area contributed by atoms with E-state index in [2.05, 4.69) is 26.4 Å². The van der Waals surface area contributed by atoms with Crippen LogP contribution in [0.3, 0.4) is 0 Å². The minimum Gasteiger partial charge on any atom is -0.380 e. The zero-order valence-electron chi connectivity index (χ0n) is 19.9. The Labute approximate surface area is 199 Å². The van der Waals surface area contributed by atoms with Crippen molar-refractivity contribution in [3.8, 4) is 11.5 Å². The molecule has 6 rings (SSSR count). The smallest absolute Gasteiger partial charge is 0.261 e. The van der Waals surface area contributed by atoms with Gasteiger partial charge < -0.3 is 19.5 Å². The summed E-state index contributed by atoms with van der Waals surface area (Å²) in [5.41, 5.74) is 3.28. The topological polar surface area (TPSA) is 76.3 Å². The van der Waals surface area contributed by atoms with Gasteiger partial charge in [0.05, 0.1) is 12.2 Å². The maximum atomic E-state index is 15.4. The highest BCUT2D eigenvalue weighted by Crippen LogP contribution is 2.41. The Morgan fingerprint density at radius 3 is 2.50 bits per heavy atom. The molecular formula is C26H32FN5O2. The van der Waals surface area contributed by atoms with E-state index in [1.807, 2.05) is 13.8 Å². The van der Waals surface area contributed by atoms with Crippen LogP contribution in [-0.4, -0.2) is 53.5 Å². The Bertz CT molecular complexity index is 1190. The second kappa shape index (κ2) is 8.89. The Balaban J connectivity index is 1.37. The van der Waals surface area contributed by atoms with Crippen LogP contribution in [0, 0.1) is 19.7 Å². The number of nitrogens with zero attached hydrogens (tertiary/aromatic N) is 4. The number of benzene rings is 1. The number of rotatable bonds is 5. The summed E-state index contributed by atoms with van der Waals surface area (Å²) >= 11 is 0. The minimum absolute atomic E-state index is 0.241. The van der Waals surface area contributed by atoms with Gasteiger partial charge in [-0.3, -0.25) is 0 Å². The van der Waals surface area contributed by atoms with Crippen LogP contribution < -0.4 is 10.2 Å². The molecule has 1 atom stereocenters. The Morgan fingerprint density at radius 2 is 1.85 bits per heavy atom. The van der Waals surface area contributed by atoms with Crippen LogP contribution in [0.25, 0.3) is 22.4 Å². The molecule has 180 valence electrons. The summed E-state index contributed by atoms with van der Waals surface area (Å²) in [6.07, 6.45) is 6.55. The summed E-state index contributed by atoms with van der Waals surface area (Å²) in [6.45, 7) is 7.16. The normalized spacial score (nSPS) is 22.0. The average molecular weight is 466 g/mol. The molecule has 3 fully saturated rings. The number of pyridine rings is 1. The van der Waals surface area contributed by atoms with Crippen molar-refractivity contribution < 1.29 is 13.7 Å². The number of aryl methyl sites for hydroxylation is 2. The molecule has 0 radical (unpaired) electrons. The van der Waals surface area contributed by atoms with E-state index in [0.29, 0.717) is 35.2 Å². The van der Waals surface area contributed by atoms with E-state index in [0.717, 1.165) is 86.3 Å². The van der Waals surface area contributed by atoms with Crippen molar-refractivity contribution in [2.45, 2.75) is 70.4 Å². The molecule has 3 aromatic rings. The lowest BCUT2D eigenvalue weighted by Gasteiger charge is -2.35. The van der Waals surface area contributed by atoms with E-state index in [4.69, 9.17) is 14.2 Å². The van der Waals surface area contributed by atoms with Gasteiger partial charge in [0.15, 0.2) is 5.82 Å². The Kier molecular flexibility index (Phi) is 5.73. The summed E-state index contributed by atoms with van der Waals surface area (Å²) in [5, 5.41) is 8.61. The van der Waals surface area contributed by atoms with Crippen molar-refractivity contribution >= 4 is 16.7 Å². The van der Waals surface area contributed by atoms with E-state index in [1.165, 1.54) is 6.42 Å². The number of nitrogens with one attached hydrogen (secondary N) is 1. The maximum absolute atomic E-state index is 15.4. The highest BCUT2D eigenvalue weighted by Gasteiger charge is 2.30. The summed E-state index contributed by atoms with van der Waals surface area (Å²) in [6, 6.07) is 4.73. The zero-order valence-corrected chi connectivity index (χ0v) is 19.9. The van der Waals surface area contributed by atoms with E-state index in [9.17, 15) is 0 Å². The summed E-state index contributed by atoms with van der Waals surface area (Å²) in [5.74, 6) is 1.99. The van der Waals surface area contributed by atoms with Crippen molar-refractivity contribution in [2.75, 3.05) is 31.2 Å². The molecule has 8 heteroatoms. The third kappa shape index (κ3) is 3.96. The second-order valence-electron chi connectivity index (χ2n) is 10.1. The van der Waals surface area contributed by atoms with Crippen molar-refractivity contribution in [1.82, 2.24) is 20.4 Å². The van der Waals surface area contributed by atoms with Gasteiger partial charge in [0, 0.05) is 37.2 Å². The average Bonchev–Trinajstić information content (AvgIpc) is 3.45. The maximum Gasteiger partial charge on any atom is 0.261 e. The molecule has 2 aliphatic heterocycles. The lowest BCUT2D eigenvalue weighted by Crippen LogP contribution is -2.46. The van der Waals surface area contributed by atoms with Gasteiger partial charge >= 0.3 is 0 Å². The second-order valence-corrected chi connectivity index (χ2v) is 10.1. The summed E-state index contributed by atoms with van der Waals surface area (Å²) < 4.78 is 26.5. The highest BCUT2D eigenvalue weighted by molar-refractivity contribution is 5.93. The van der Waals surface area contributed by atoms with Gasteiger partial charge in [-0.05, 0) is 75.1 Å². The molecule has 1 saturated carbocycles. The van der Waals surface area contributed by atoms with Crippen LogP contribution in [0.2, 0.25) is 0 Å². The summed E-state index contributed by atoms with van der Waals surface area (Å²) in [7, 11) is 0. The number of anilines is 1. The van der Waals surface area contributed by atoms with Crippen molar-refractivity contribution in [3.05, 3.63) is 34.9 Å². The fourth-order valence-electron chi connectivity index (χ4n) is 5.60. The van der Waals surface area contributed by atoms with E-state index >= 15 is 4.39 Å². The van der Waals surface area contributed by atoms with Gasteiger partial charge in [0.25, 0.3) is 5.89 Å². The number of piperidine rings is 1. The minimum atomic E-state index is -0.241. The largest absolute Gasteiger partial charge is 0.380 e. The fourth-order valence-corrected chi connectivity index (χ4v) is 5.60. The first-order valence-electron chi connectivity index (χ1n) is 12.6.